The maximum atomic E-state index is 5.34. The highest BCUT2D eigenvalue weighted by molar-refractivity contribution is 5.62. The van der Waals surface area contributed by atoms with Gasteiger partial charge in [0, 0.05) is 12.2 Å². The van der Waals surface area contributed by atoms with Gasteiger partial charge in [0.2, 0.25) is 0 Å². The van der Waals surface area contributed by atoms with Gasteiger partial charge < -0.3 is 9.64 Å². The fourth-order valence-corrected chi connectivity index (χ4v) is 1.97. The third-order valence-electron chi connectivity index (χ3n) is 3.22. The van der Waals surface area contributed by atoms with Gasteiger partial charge in [0.05, 0.1) is 6.61 Å². The second kappa shape index (κ2) is 4.53. The lowest BCUT2D eigenvalue weighted by Gasteiger charge is -2.22. The van der Waals surface area contributed by atoms with Crippen molar-refractivity contribution in [1.29, 1.82) is 0 Å². The maximum Gasteiger partial charge on any atom is 0.119 e. The van der Waals surface area contributed by atoms with Gasteiger partial charge in [-0.25, -0.2) is 0 Å². The van der Waals surface area contributed by atoms with Gasteiger partial charge in [0.1, 0.15) is 6.73 Å². The van der Waals surface area contributed by atoms with Crippen molar-refractivity contribution in [3.8, 4) is 0 Å². The molecule has 0 atom stereocenters. The molecule has 0 N–H and O–H groups in total. The Morgan fingerprint density at radius 1 is 1.24 bits per heavy atom. The first-order chi connectivity index (χ1) is 7.98. The number of rotatable bonds is 2. The van der Waals surface area contributed by atoms with E-state index < -0.39 is 0 Å². The fourth-order valence-electron chi connectivity index (χ4n) is 1.97. The summed E-state index contributed by atoms with van der Waals surface area (Å²) in [6.45, 7) is 13.2. The van der Waals surface area contributed by atoms with Crippen LogP contribution in [0.2, 0.25) is 0 Å². The molecule has 0 bridgehead atoms. The summed E-state index contributed by atoms with van der Waals surface area (Å²) in [5.41, 5.74) is 3.80. The summed E-state index contributed by atoms with van der Waals surface area (Å²) in [4.78, 5) is 2.17. The summed E-state index contributed by atoms with van der Waals surface area (Å²) in [6, 6.07) is 8.69. The minimum atomic E-state index is 0.205. The predicted molar refractivity (Wildman–Crippen MR) is 71.7 cm³/mol. The molecule has 1 aliphatic rings. The summed E-state index contributed by atoms with van der Waals surface area (Å²) in [7, 11) is 0. The minimum Gasteiger partial charge on any atom is -0.359 e. The lowest BCUT2D eigenvalue weighted by Crippen LogP contribution is -2.17. The molecule has 1 heterocycles. The van der Waals surface area contributed by atoms with E-state index in [1.165, 1.54) is 11.1 Å². The third kappa shape index (κ3) is 2.70. The van der Waals surface area contributed by atoms with Crippen molar-refractivity contribution in [3.63, 3.8) is 0 Å². The number of benzene rings is 1. The van der Waals surface area contributed by atoms with Gasteiger partial charge in [-0.2, -0.15) is 0 Å². The van der Waals surface area contributed by atoms with E-state index in [1.54, 1.807) is 0 Å². The smallest absolute Gasteiger partial charge is 0.119 e. The van der Waals surface area contributed by atoms with Crippen LogP contribution in [0.25, 0.3) is 5.70 Å². The molecule has 1 fully saturated rings. The zero-order chi connectivity index (χ0) is 12.5. The molecular weight excluding hydrogens is 210 g/mol. The molecule has 92 valence electrons. The van der Waals surface area contributed by atoms with Crippen molar-refractivity contribution >= 4 is 5.70 Å². The van der Waals surface area contributed by atoms with Crippen LogP contribution in [-0.2, 0) is 10.2 Å². The summed E-state index contributed by atoms with van der Waals surface area (Å²) in [5.74, 6) is 0. The van der Waals surface area contributed by atoms with Crippen molar-refractivity contribution in [2.45, 2.75) is 26.2 Å². The molecular formula is C15H21NO. The molecule has 0 aliphatic carbocycles. The van der Waals surface area contributed by atoms with E-state index in [9.17, 15) is 0 Å². The van der Waals surface area contributed by atoms with Gasteiger partial charge in [-0.05, 0) is 16.5 Å². The molecule has 0 spiro atoms. The molecule has 2 nitrogen and oxygen atoms in total. The third-order valence-corrected chi connectivity index (χ3v) is 3.22. The van der Waals surface area contributed by atoms with Gasteiger partial charge >= 0.3 is 0 Å². The van der Waals surface area contributed by atoms with Gasteiger partial charge in [-0.1, -0.05) is 51.6 Å². The largest absolute Gasteiger partial charge is 0.359 e. The average Bonchev–Trinajstić information content (AvgIpc) is 2.80. The Bertz CT molecular complexity index is 394. The summed E-state index contributed by atoms with van der Waals surface area (Å²) >= 11 is 0. The molecule has 17 heavy (non-hydrogen) atoms. The van der Waals surface area contributed by atoms with E-state index in [4.69, 9.17) is 4.74 Å². The van der Waals surface area contributed by atoms with Gasteiger partial charge in [-0.15, -0.1) is 0 Å². The summed E-state index contributed by atoms with van der Waals surface area (Å²) in [5, 5.41) is 0. The second-order valence-corrected chi connectivity index (χ2v) is 5.57. The second-order valence-electron chi connectivity index (χ2n) is 5.57. The Balaban J connectivity index is 2.15. The van der Waals surface area contributed by atoms with Crippen LogP contribution >= 0.6 is 0 Å². The van der Waals surface area contributed by atoms with Crippen LogP contribution < -0.4 is 0 Å². The molecule has 2 heteroatoms. The van der Waals surface area contributed by atoms with Crippen molar-refractivity contribution < 1.29 is 4.74 Å². The van der Waals surface area contributed by atoms with Gasteiger partial charge in [-0.3, -0.25) is 0 Å². The van der Waals surface area contributed by atoms with E-state index >= 15 is 0 Å². The van der Waals surface area contributed by atoms with E-state index in [1.807, 2.05) is 0 Å². The number of nitrogens with zero attached hydrogens (tertiary/aromatic N) is 1. The molecule has 1 aromatic rings. The topological polar surface area (TPSA) is 12.5 Å². The lowest BCUT2D eigenvalue weighted by atomic mass is 9.86. The van der Waals surface area contributed by atoms with Crippen molar-refractivity contribution in [3.05, 3.63) is 42.0 Å². The highest BCUT2D eigenvalue weighted by Gasteiger charge is 2.16. The normalized spacial score (nSPS) is 16.3. The molecule has 0 aromatic heterocycles. The highest BCUT2D eigenvalue weighted by Crippen LogP contribution is 2.25. The van der Waals surface area contributed by atoms with Crippen LogP contribution in [0.15, 0.2) is 30.8 Å². The number of ether oxygens (including phenoxy) is 1. The van der Waals surface area contributed by atoms with Crippen molar-refractivity contribution in [2.24, 2.45) is 0 Å². The average molecular weight is 231 g/mol. The van der Waals surface area contributed by atoms with E-state index in [0.29, 0.717) is 6.73 Å². The SMILES string of the molecule is C=C(c1ccc(C(C)(C)C)cc1)N1CCOC1. The monoisotopic (exact) mass is 231 g/mol. The summed E-state index contributed by atoms with van der Waals surface area (Å²) in [6.07, 6.45) is 0. The zero-order valence-corrected chi connectivity index (χ0v) is 11.0. The predicted octanol–water partition coefficient (Wildman–Crippen LogP) is 3.24. The molecule has 1 aromatic carbocycles. The number of hydrogen-bond acceptors (Lipinski definition) is 2. The first kappa shape index (κ1) is 12.2. The highest BCUT2D eigenvalue weighted by atomic mass is 16.5. The Kier molecular flexibility index (Phi) is 3.25. The Morgan fingerprint density at radius 2 is 1.88 bits per heavy atom. The van der Waals surface area contributed by atoms with Crippen LogP contribution in [-0.4, -0.2) is 24.8 Å². The van der Waals surface area contributed by atoms with E-state index in [0.717, 1.165) is 18.8 Å². The molecule has 0 radical (unpaired) electrons. The summed E-state index contributed by atoms with van der Waals surface area (Å²) < 4.78 is 5.34. The van der Waals surface area contributed by atoms with Crippen LogP contribution in [0.3, 0.4) is 0 Å². The Labute approximate surface area is 104 Å². The molecule has 1 aliphatic heterocycles. The molecule has 0 saturated carbocycles. The quantitative estimate of drug-likeness (QED) is 0.774. The molecule has 0 unspecified atom stereocenters. The van der Waals surface area contributed by atoms with E-state index in [-0.39, 0.29) is 5.41 Å². The Morgan fingerprint density at radius 3 is 2.35 bits per heavy atom. The number of hydrogen-bond donors (Lipinski definition) is 0. The minimum absolute atomic E-state index is 0.205. The maximum absolute atomic E-state index is 5.34. The van der Waals surface area contributed by atoms with E-state index in [2.05, 4.69) is 56.5 Å². The fraction of sp³-hybridized carbons (Fsp3) is 0.467. The van der Waals surface area contributed by atoms with Crippen molar-refractivity contribution in [2.75, 3.05) is 19.9 Å². The zero-order valence-electron chi connectivity index (χ0n) is 11.0. The van der Waals surface area contributed by atoms with Gasteiger partial charge in [0.15, 0.2) is 0 Å². The standard InChI is InChI=1S/C15H21NO/c1-12(16-9-10-17-11-16)13-5-7-14(8-6-13)15(2,3)4/h5-8H,1,9-11H2,2-4H3. The van der Waals surface area contributed by atoms with Crippen molar-refractivity contribution in [1.82, 2.24) is 4.90 Å². The van der Waals surface area contributed by atoms with Crippen LogP contribution in [0.1, 0.15) is 31.9 Å². The molecule has 1 saturated heterocycles. The Hall–Kier alpha value is -1.28. The molecule has 2 rings (SSSR count). The first-order valence-corrected chi connectivity index (χ1v) is 6.11. The van der Waals surface area contributed by atoms with Crippen LogP contribution in [0, 0.1) is 0 Å². The van der Waals surface area contributed by atoms with Gasteiger partial charge in [0.25, 0.3) is 0 Å². The van der Waals surface area contributed by atoms with Crippen LogP contribution in [0.4, 0.5) is 0 Å². The molecule has 0 amide bonds. The van der Waals surface area contributed by atoms with Crippen LogP contribution in [0.5, 0.6) is 0 Å². The lowest BCUT2D eigenvalue weighted by molar-refractivity contribution is 0.165. The first-order valence-electron chi connectivity index (χ1n) is 6.11.